The van der Waals surface area contributed by atoms with E-state index in [0.717, 1.165) is 12.1 Å². The molecule has 0 bridgehead atoms. The molecule has 1 aliphatic rings. The highest BCUT2D eigenvalue weighted by Gasteiger charge is 2.25. The van der Waals surface area contributed by atoms with E-state index < -0.39 is 17.5 Å². The Bertz CT molecular complexity index is 862. The first kappa shape index (κ1) is 15.9. The number of hydrogen-bond donors (Lipinski definition) is 3. The number of thiocarbonyl (C=S) groups is 1. The van der Waals surface area contributed by atoms with Crippen LogP contribution < -0.4 is 16.1 Å². The van der Waals surface area contributed by atoms with Gasteiger partial charge in [-0.3, -0.25) is 10.2 Å². The Hall–Kier alpha value is -2.94. The highest BCUT2D eigenvalue weighted by molar-refractivity contribution is 7.80. The number of Topliss-reactive ketones (excluding diaryl/α,β-unsaturated/α-hetero) is 1. The molecule has 0 atom stereocenters. The molecule has 3 N–H and O–H groups in total. The summed E-state index contributed by atoms with van der Waals surface area (Å²) in [6.07, 6.45) is 0. The van der Waals surface area contributed by atoms with Crippen molar-refractivity contribution in [3.05, 3.63) is 59.4 Å². The third-order valence-electron chi connectivity index (χ3n) is 3.15. The Labute approximate surface area is 139 Å². The Morgan fingerprint density at radius 2 is 1.79 bits per heavy atom. The Morgan fingerprint density at radius 3 is 2.46 bits per heavy atom. The quantitative estimate of drug-likeness (QED) is 0.441. The Morgan fingerprint density at radius 1 is 1.12 bits per heavy atom. The number of benzene rings is 2. The van der Waals surface area contributed by atoms with Crippen LogP contribution in [-0.4, -0.2) is 16.7 Å². The minimum atomic E-state index is -1.57. The van der Waals surface area contributed by atoms with Gasteiger partial charge in [-0.25, -0.2) is 13.2 Å². The molecule has 1 aliphatic heterocycles. The molecule has 5 nitrogen and oxygen atoms in total. The van der Waals surface area contributed by atoms with Crippen LogP contribution >= 0.6 is 12.2 Å². The van der Waals surface area contributed by atoms with Crippen LogP contribution in [0.4, 0.5) is 24.5 Å². The van der Waals surface area contributed by atoms with E-state index in [0.29, 0.717) is 11.3 Å². The van der Waals surface area contributed by atoms with Gasteiger partial charge in [0.05, 0.1) is 5.69 Å². The topological polar surface area (TPSA) is 65.5 Å². The second-order valence-electron chi connectivity index (χ2n) is 4.78. The van der Waals surface area contributed by atoms with Crippen LogP contribution in [0.2, 0.25) is 0 Å². The van der Waals surface area contributed by atoms with E-state index in [2.05, 4.69) is 21.2 Å². The van der Waals surface area contributed by atoms with Crippen LogP contribution in [0.15, 0.2) is 41.5 Å². The summed E-state index contributed by atoms with van der Waals surface area (Å²) in [5.41, 5.74) is 3.37. The first-order valence-corrected chi connectivity index (χ1v) is 7.06. The number of fused-ring (bicyclic) bond motifs is 1. The van der Waals surface area contributed by atoms with Gasteiger partial charge in [-0.1, -0.05) is 12.1 Å². The van der Waals surface area contributed by atoms with Crippen molar-refractivity contribution in [3.63, 3.8) is 0 Å². The maximum atomic E-state index is 13.1. The standard InChI is InChI=1S/C15H9F3N4OS/c16-9-5-7(6-10(17)12(9)18)19-15(24)22-21-14-13(23)8-3-1-2-4-11(8)20-14/h1-6H,(H2,19,22,24)(H,20,21,23). The maximum Gasteiger partial charge on any atom is 0.232 e. The van der Waals surface area contributed by atoms with Crippen LogP contribution in [0.3, 0.4) is 0 Å². The largest absolute Gasteiger partial charge is 0.335 e. The molecule has 0 radical (unpaired) electrons. The molecule has 9 heteroatoms. The fraction of sp³-hybridized carbons (Fsp3) is 0. The molecular weight excluding hydrogens is 341 g/mol. The van der Waals surface area contributed by atoms with Crippen LogP contribution in [0.5, 0.6) is 0 Å². The zero-order valence-corrected chi connectivity index (χ0v) is 12.7. The number of anilines is 2. The van der Waals surface area contributed by atoms with Crippen molar-refractivity contribution < 1.29 is 18.0 Å². The van der Waals surface area contributed by atoms with Crippen LogP contribution in [0.25, 0.3) is 0 Å². The van der Waals surface area contributed by atoms with Gasteiger partial charge in [-0.15, -0.1) is 0 Å². The molecule has 0 spiro atoms. The SMILES string of the molecule is O=C1C(=NNC(=S)Nc2cc(F)c(F)c(F)c2)Nc2ccccc21. The highest BCUT2D eigenvalue weighted by atomic mass is 32.1. The van der Waals surface area contributed by atoms with Crippen molar-refractivity contribution in [2.75, 3.05) is 10.6 Å². The molecule has 0 saturated carbocycles. The van der Waals surface area contributed by atoms with Gasteiger partial charge in [0.15, 0.2) is 28.4 Å². The molecule has 24 heavy (non-hydrogen) atoms. The van der Waals surface area contributed by atoms with E-state index in [9.17, 15) is 18.0 Å². The van der Waals surface area contributed by atoms with E-state index in [1.54, 1.807) is 24.3 Å². The fourth-order valence-electron chi connectivity index (χ4n) is 2.07. The van der Waals surface area contributed by atoms with Crippen molar-refractivity contribution in [2.24, 2.45) is 5.10 Å². The molecule has 2 aromatic carbocycles. The molecule has 0 amide bonds. The van der Waals surface area contributed by atoms with Crippen LogP contribution in [0, 0.1) is 17.5 Å². The summed E-state index contributed by atoms with van der Waals surface area (Å²) in [4.78, 5) is 12.1. The summed E-state index contributed by atoms with van der Waals surface area (Å²) >= 11 is 4.91. The fourth-order valence-corrected chi connectivity index (χ4v) is 2.24. The predicted molar refractivity (Wildman–Crippen MR) is 87.5 cm³/mol. The molecule has 0 fully saturated rings. The average molecular weight is 350 g/mol. The number of amidine groups is 1. The van der Waals surface area contributed by atoms with Crippen molar-refractivity contribution in [2.45, 2.75) is 0 Å². The molecular formula is C15H9F3N4OS. The van der Waals surface area contributed by atoms with E-state index in [-0.39, 0.29) is 22.4 Å². The molecule has 0 unspecified atom stereocenters. The minimum absolute atomic E-state index is 0.0248. The Balaban J connectivity index is 1.68. The lowest BCUT2D eigenvalue weighted by atomic mass is 10.1. The summed E-state index contributed by atoms with van der Waals surface area (Å²) < 4.78 is 39.1. The summed E-state index contributed by atoms with van der Waals surface area (Å²) in [7, 11) is 0. The van der Waals surface area contributed by atoms with Crippen molar-refractivity contribution in [3.8, 4) is 0 Å². The second-order valence-corrected chi connectivity index (χ2v) is 5.19. The van der Waals surface area contributed by atoms with E-state index in [4.69, 9.17) is 12.2 Å². The predicted octanol–water partition coefficient (Wildman–Crippen LogP) is 3.01. The van der Waals surface area contributed by atoms with Crippen molar-refractivity contribution in [1.29, 1.82) is 0 Å². The number of ketones is 1. The number of carbonyl (C=O) groups is 1. The average Bonchev–Trinajstić information content (AvgIpc) is 2.87. The third kappa shape index (κ3) is 3.06. The van der Waals surface area contributed by atoms with E-state index in [1.165, 1.54) is 0 Å². The number of halogens is 3. The summed E-state index contributed by atoms with van der Waals surface area (Å²) in [6.45, 7) is 0. The molecule has 1 heterocycles. The van der Waals surface area contributed by atoms with Gasteiger partial charge >= 0.3 is 0 Å². The molecule has 0 aromatic heterocycles. The normalized spacial score (nSPS) is 14.3. The van der Waals surface area contributed by atoms with E-state index >= 15 is 0 Å². The first-order valence-electron chi connectivity index (χ1n) is 6.65. The van der Waals surface area contributed by atoms with Gasteiger partial charge in [-0.05, 0) is 24.4 Å². The first-order chi connectivity index (χ1) is 11.5. The van der Waals surface area contributed by atoms with Gasteiger partial charge < -0.3 is 10.6 Å². The minimum Gasteiger partial charge on any atom is -0.335 e. The number of nitrogens with one attached hydrogen (secondary N) is 3. The summed E-state index contributed by atoms with van der Waals surface area (Å²) in [6, 6.07) is 8.34. The van der Waals surface area contributed by atoms with Gasteiger partial charge in [0, 0.05) is 23.4 Å². The number of nitrogens with zero attached hydrogens (tertiary/aromatic N) is 1. The van der Waals surface area contributed by atoms with Gasteiger partial charge in [0.1, 0.15) is 0 Å². The van der Waals surface area contributed by atoms with E-state index in [1.807, 2.05) is 0 Å². The van der Waals surface area contributed by atoms with Crippen molar-refractivity contribution >= 4 is 40.3 Å². The van der Waals surface area contributed by atoms with Crippen molar-refractivity contribution in [1.82, 2.24) is 5.43 Å². The maximum absolute atomic E-state index is 13.1. The molecule has 0 saturated heterocycles. The number of hydrazone groups is 1. The van der Waals surface area contributed by atoms with Gasteiger partial charge in [-0.2, -0.15) is 5.10 Å². The number of rotatable bonds is 2. The smallest absolute Gasteiger partial charge is 0.232 e. The summed E-state index contributed by atoms with van der Waals surface area (Å²) in [5, 5.41) is 8.94. The monoisotopic (exact) mass is 350 g/mol. The zero-order valence-electron chi connectivity index (χ0n) is 11.9. The third-order valence-corrected chi connectivity index (χ3v) is 3.34. The molecule has 0 aliphatic carbocycles. The van der Waals surface area contributed by atoms with Gasteiger partial charge in [0.2, 0.25) is 5.78 Å². The lowest BCUT2D eigenvalue weighted by Gasteiger charge is -2.08. The lowest BCUT2D eigenvalue weighted by molar-refractivity contribution is 0.106. The number of hydrogen-bond acceptors (Lipinski definition) is 3. The second kappa shape index (κ2) is 6.28. The van der Waals surface area contributed by atoms with Crippen LogP contribution in [0.1, 0.15) is 10.4 Å². The zero-order chi connectivity index (χ0) is 17.3. The molecule has 122 valence electrons. The highest BCUT2D eigenvalue weighted by Crippen LogP contribution is 2.22. The number of carbonyl (C=O) groups excluding carboxylic acids is 1. The summed E-state index contributed by atoms with van der Waals surface area (Å²) in [5.74, 6) is -4.57. The molecule has 2 aromatic rings. The number of para-hydroxylation sites is 1. The van der Waals surface area contributed by atoms with Crippen LogP contribution in [-0.2, 0) is 0 Å². The molecule has 3 rings (SSSR count). The van der Waals surface area contributed by atoms with Gasteiger partial charge in [0.25, 0.3) is 0 Å². The Kier molecular flexibility index (Phi) is 4.17. The lowest BCUT2D eigenvalue weighted by Crippen LogP contribution is -2.28.